The summed E-state index contributed by atoms with van der Waals surface area (Å²) in [6.45, 7) is 3.60. The van der Waals surface area contributed by atoms with E-state index in [-0.39, 0.29) is 0 Å². The number of aliphatic carboxylic acids is 1. The number of hydrogen-bond acceptors (Lipinski definition) is 1. The van der Waals surface area contributed by atoms with Crippen molar-refractivity contribution < 1.29 is 9.90 Å². The highest BCUT2D eigenvalue weighted by Gasteiger charge is 2.29. The van der Waals surface area contributed by atoms with Crippen molar-refractivity contribution in [2.75, 3.05) is 0 Å². The third-order valence-corrected chi connectivity index (χ3v) is 2.78. The highest BCUT2D eigenvalue weighted by molar-refractivity contribution is 5.74. The average molecular weight is 216 g/mol. The molecule has 1 aromatic carbocycles. The van der Waals surface area contributed by atoms with E-state index in [1.165, 1.54) is 0 Å². The van der Waals surface area contributed by atoms with Gasteiger partial charge in [-0.05, 0) is 25.5 Å². The van der Waals surface area contributed by atoms with Crippen LogP contribution in [0.15, 0.2) is 30.3 Å². The number of carboxylic acids is 1. The zero-order valence-electron chi connectivity index (χ0n) is 9.66. The molecule has 0 heterocycles. The Bertz CT molecular complexity index is 411. The Morgan fingerprint density at radius 1 is 1.38 bits per heavy atom. The molecule has 0 spiro atoms. The zero-order chi connectivity index (χ0) is 12.0. The van der Waals surface area contributed by atoms with E-state index in [9.17, 15) is 4.79 Å². The third kappa shape index (κ3) is 3.13. The molecule has 0 amide bonds. The maximum Gasteiger partial charge on any atom is 0.310 e. The molecule has 0 bridgehead atoms. The number of carboxylic acid groups (broad SMARTS) is 1. The third-order valence-electron chi connectivity index (χ3n) is 2.78. The highest BCUT2D eigenvalue weighted by Crippen LogP contribution is 2.25. The topological polar surface area (TPSA) is 37.3 Å². The van der Waals surface area contributed by atoms with Crippen LogP contribution >= 0.6 is 0 Å². The molecule has 1 rings (SSSR count). The van der Waals surface area contributed by atoms with Crippen LogP contribution in [-0.2, 0) is 4.79 Å². The molecule has 0 radical (unpaired) electrons. The predicted octanol–water partition coefficient (Wildman–Crippen LogP) is 2.93. The van der Waals surface area contributed by atoms with Gasteiger partial charge in [-0.15, -0.1) is 0 Å². The summed E-state index contributed by atoms with van der Waals surface area (Å²) in [6, 6.07) is 9.59. The summed E-state index contributed by atoms with van der Waals surface area (Å²) in [5, 5.41) is 9.06. The minimum absolute atomic E-state index is 0.383. The van der Waals surface area contributed by atoms with E-state index >= 15 is 0 Å². The maximum atomic E-state index is 11.0. The number of benzene rings is 1. The van der Waals surface area contributed by atoms with Gasteiger partial charge in [0.1, 0.15) is 0 Å². The largest absolute Gasteiger partial charge is 0.481 e. The van der Waals surface area contributed by atoms with Gasteiger partial charge in [0, 0.05) is 12.0 Å². The molecule has 0 aromatic heterocycles. The van der Waals surface area contributed by atoms with Gasteiger partial charge in [0.2, 0.25) is 0 Å². The molecule has 1 unspecified atom stereocenters. The Morgan fingerprint density at radius 2 is 2.00 bits per heavy atom. The Kier molecular flexibility index (Phi) is 4.13. The Hall–Kier alpha value is -1.75. The molecule has 1 aromatic rings. The van der Waals surface area contributed by atoms with Gasteiger partial charge in [0.05, 0.1) is 5.41 Å². The van der Waals surface area contributed by atoms with Crippen LogP contribution < -0.4 is 0 Å². The van der Waals surface area contributed by atoms with Crippen molar-refractivity contribution in [2.24, 2.45) is 5.41 Å². The first-order valence-corrected chi connectivity index (χ1v) is 5.36. The van der Waals surface area contributed by atoms with Gasteiger partial charge in [0.15, 0.2) is 0 Å². The average Bonchev–Trinajstić information content (AvgIpc) is 2.30. The van der Waals surface area contributed by atoms with E-state index in [1.807, 2.05) is 37.3 Å². The van der Waals surface area contributed by atoms with Gasteiger partial charge in [-0.25, -0.2) is 0 Å². The van der Waals surface area contributed by atoms with Crippen molar-refractivity contribution in [1.82, 2.24) is 0 Å². The van der Waals surface area contributed by atoms with Crippen molar-refractivity contribution in [3.05, 3.63) is 35.9 Å². The predicted molar refractivity (Wildman–Crippen MR) is 64.0 cm³/mol. The molecule has 0 aliphatic heterocycles. The smallest absolute Gasteiger partial charge is 0.310 e. The van der Waals surface area contributed by atoms with Crippen LogP contribution in [0.3, 0.4) is 0 Å². The Labute approximate surface area is 96.3 Å². The van der Waals surface area contributed by atoms with Crippen molar-refractivity contribution >= 4 is 5.97 Å². The van der Waals surface area contributed by atoms with Crippen LogP contribution in [0.1, 0.15) is 32.3 Å². The first-order chi connectivity index (χ1) is 7.58. The van der Waals surface area contributed by atoms with Gasteiger partial charge in [-0.2, -0.15) is 0 Å². The van der Waals surface area contributed by atoms with Crippen LogP contribution in [0.4, 0.5) is 0 Å². The Morgan fingerprint density at radius 3 is 2.50 bits per heavy atom. The SMILES string of the molecule is CCC(C)(CC#Cc1ccccc1)C(=O)O. The van der Waals surface area contributed by atoms with E-state index in [1.54, 1.807) is 6.92 Å². The second kappa shape index (κ2) is 5.37. The molecular weight excluding hydrogens is 200 g/mol. The second-order valence-electron chi connectivity index (χ2n) is 4.06. The first-order valence-electron chi connectivity index (χ1n) is 5.36. The molecular formula is C14H16O2. The molecule has 0 saturated heterocycles. The summed E-state index contributed by atoms with van der Waals surface area (Å²) in [4.78, 5) is 11.0. The lowest BCUT2D eigenvalue weighted by atomic mass is 9.84. The standard InChI is InChI=1S/C14H16O2/c1-3-14(2,13(15)16)11-7-10-12-8-5-4-6-9-12/h4-6,8-9H,3,11H2,1-2H3,(H,15,16). The quantitative estimate of drug-likeness (QED) is 0.789. The van der Waals surface area contributed by atoms with Crippen molar-refractivity contribution in [2.45, 2.75) is 26.7 Å². The molecule has 2 heteroatoms. The fourth-order valence-electron chi connectivity index (χ4n) is 1.21. The van der Waals surface area contributed by atoms with Gasteiger partial charge in [0.25, 0.3) is 0 Å². The lowest BCUT2D eigenvalue weighted by molar-refractivity contribution is -0.147. The van der Waals surface area contributed by atoms with Crippen molar-refractivity contribution in [3.63, 3.8) is 0 Å². The number of hydrogen-bond donors (Lipinski definition) is 1. The summed E-state index contributed by atoms with van der Waals surface area (Å²) in [5.41, 5.74) is 0.188. The summed E-state index contributed by atoms with van der Waals surface area (Å²) in [5.74, 6) is 5.14. The van der Waals surface area contributed by atoms with Gasteiger partial charge < -0.3 is 5.11 Å². The van der Waals surface area contributed by atoms with E-state index < -0.39 is 11.4 Å². The van der Waals surface area contributed by atoms with E-state index in [0.29, 0.717) is 12.8 Å². The molecule has 1 N–H and O–H groups in total. The number of rotatable bonds is 3. The summed E-state index contributed by atoms with van der Waals surface area (Å²) in [6.07, 6.45) is 0.972. The van der Waals surface area contributed by atoms with Crippen molar-refractivity contribution in [1.29, 1.82) is 0 Å². The molecule has 84 valence electrons. The van der Waals surface area contributed by atoms with E-state index in [0.717, 1.165) is 5.56 Å². The van der Waals surface area contributed by atoms with Gasteiger partial charge >= 0.3 is 5.97 Å². The van der Waals surface area contributed by atoms with Gasteiger partial charge in [-0.3, -0.25) is 4.79 Å². The van der Waals surface area contributed by atoms with E-state index in [4.69, 9.17) is 5.11 Å². The molecule has 0 aliphatic carbocycles. The van der Waals surface area contributed by atoms with Crippen LogP contribution in [-0.4, -0.2) is 11.1 Å². The maximum absolute atomic E-state index is 11.0. The normalized spacial score (nSPS) is 13.4. The molecule has 2 nitrogen and oxygen atoms in total. The van der Waals surface area contributed by atoms with Crippen molar-refractivity contribution in [3.8, 4) is 11.8 Å². The zero-order valence-corrected chi connectivity index (χ0v) is 9.66. The first kappa shape index (κ1) is 12.3. The van der Waals surface area contributed by atoms with Crippen LogP contribution in [0, 0.1) is 17.3 Å². The Balaban J connectivity index is 2.71. The monoisotopic (exact) mass is 216 g/mol. The minimum Gasteiger partial charge on any atom is -0.481 e. The molecule has 0 aliphatic rings. The fraction of sp³-hybridized carbons (Fsp3) is 0.357. The lowest BCUT2D eigenvalue weighted by Crippen LogP contribution is -2.25. The molecule has 0 fully saturated rings. The minimum atomic E-state index is -0.780. The molecule has 1 atom stereocenters. The molecule has 16 heavy (non-hydrogen) atoms. The number of carbonyl (C=O) groups is 1. The molecule has 0 saturated carbocycles. The van der Waals surface area contributed by atoms with Crippen LogP contribution in [0.2, 0.25) is 0 Å². The van der Waals surface area contributed by atoms with E-state index in [2.05, 4.69) is 11.8 Å². The fourth-order valence-corrected chi connectivity index (χ4v) is 1.21. The summed E-state index contributed by atoms with van der Waals surface area (Å²) >= 11 is 0. The van der Waals surface area contributed by atoms with Gasteiger partial charge in [-0.1, -0.05) is 37.0 Å². The summed E-state index contributed by atoms with van der Waals surface area (Å²) in [7, 11) is 0. The lowest BCUT2D eigenvalue weighted by Gasteiger charge is -2.19. The van der Waals surface area contributed by atoms with Crippen LogP contribution in [0.5, 0.6) is 0 Å². The highest BCUT2D eigenvalue weighted by atomic mass is 16.4. The van der Waals surface area contributed by atoms with Crippen LogP contribution in [0.25, 0.3) is 0 Å². The summed E-state index contributed by atoms with van der Waals surface area (Å²) < 4.78 is 0. The second-order valence-corrected chi connectivity index (χ2v) is 4.06.